The molecular formula is C7H14N2O2. The summed E-state index contributed by atoms with van der Waals surface area (Å²) in [6, 6.07) is 1.92. The van der Waals surface area contributed by atoms with E-state index in [-0.39, 0.29) is 19.6 Å². The van der Waals surface area contributed by atoms with Gasteiger partial charge in [-0.2, -0.15) is 5.26 Å². The van der Waals surface area contributed by atoms with Gasteiger partial charge in [-0.05, 0) is 12.8 Å². The van der Waals surface area contributed by atoms with Gasteiger partial charge in [0.05, 0.1) is 6.07 Å². The maximum absolute atomic E-state index is 8.58. The number of hydrogen-bond donors (Lipinski definition) is 3. The number of nitrogens with zero attached hydrogens (tertiary/aromatic N) is 1. The molecule has 64 valence electrons. The lowest BCUT2D eigenvalue weighted by Gasteiger charge is -2.19. The van der Waals surface area contributed by atoms with Gasteiger partial charge in [-0.25, -0.2) is 0 Å². The first-order valence-electron chi connectivity index (χ1n) is 3.60. The predicted octanol–water partition coefficient (Wildman–Crippen LogP) is -0.638. The van der Waals surface area contributed by atoms with E-state index in [9.17, 15) is 0 Å². The molecule has 1 unspecified atom stereocenters. The molecule has 0 fully saturated rings. The molecule has 0 spiro atoms. The fourth-order valence-electron chi connectivity index (χ4n) is 0.831. The minimum atomic E-state index is -0.961. The quantitative estimate of drug-likeness (QED) is 0.496. The van der Waals surface area contributed by atoms with Crippen LogP contribution in [0.25, 0.3) is 0 Å². The number of nitrogens with two attached hydrogens (primary N) is 1. The Morgan fingerprint density at radius 1 is 1.27 bits per heavy atom. The minimum absolute atomic E-state index is 0.0338. The highest BCUT2D eigenvalue weighted by Gasteiger charge is 2.22. The highest BCUT2D eigenvalue weighted by molar-refractivity contribution is 5.04. The largest absolute Gasteiger partial charge is 0.396 e. The average molecular weight is 158 g/mol. The Kier molecular flexibility index (Phi) is 4.79. The summed E-state index contributed by atoms with van der Waals surface area (Å²) < 4.78 is 0. The van der Waals surface area contributed by atoms with Gasteiger partial charge < -0.3 is 15.9 Å². The molecular weight excluding hydrogens is 144 g/mol. The van der Waals surface area contributed by atoms with E-state index in [2.05, 4.69) is 0 Å². The van der Waals surface area contributed by atoms with Gasteiger partial charge in [0.2, 0.25) is 0 Å². The average Bonchev–Trinajstić information content (AvgIpc) is 2.02. The second kappa shape index (κ2) is 5.08. The molecule has 4 nitrogen and oxygen atoms in total. The van der Waals surface area contributed by atoms with Crippen molar-refractivity contribution in [2.45, 2.75) is 24.8 Å². The van der Waals surface area contributed by atoms with Crippen molar-refractivity contribution < 1.29 is 10.2 Å². The van der Waals surface area contributed by atoms with Crippen LogP contribution >= 0.6 is 0 Å². The fourth-order valence-corrected chi connectivity index (χ4v) is 0.831. The number of aliphatic hydroxyl groups is 2. The lowest BCUT2D eigenvalue weighted by atomic mass is 9.93. The van der Waals surface area contributed by atoms with Crippen LogP contribution in [0.15, 0.2) is 0 Å². The van der Waals surface area contributed by atoms with Crippen molar-refractivity contribution >= 4 is 0 Å². The maximum atomic E-state index is 8.58. The number of aliphatic hydroxyl groups excluding tert-OH is 2. The molecule has 0 aromatic rings. The number of hydrogen-bond acceptors (Lipinski definition) is 4. The first kappa shape index (κ1) is 10.4. The molecule has 0 radical (unpaired) electrons. The molecule has 4 heteroatoms. The normalized spacial score (nSPS) is 15.5. The first-order chi connectivity index (χ1) is 5.18. The van der Waals surface area contributed by atoms with Crippen molar-refractivity contribution in [1.82, 2.24) is 0 Å². The zero-order valence-electron chi connectivity index (χ0n) is 6.45. The van der Waals surface area contributed by atoms with Gasteiger partial charge in [0.15, 0.2) is 0 Å². The summed E-state index contributed by atoms with van der Waals surface area (Å²) in [5.41, 5.74) is 4.60. The van der Waals surface area contributed by atoms with E-state index >= 15 is 0 Å². The van der Waals surface area contributed by atoms with Gasteiger partial charge in [0, 0.05) is 19.6 Å². The standard InChI is InChI=1S/C7H14N2O2/c8-6-7(9,3-5-11)2-1-4-10/h10-11H,1-5,9H2. The van der Waals surface area contributed by atoms with Gasteiger partial charge in [0.25, 0.3) is 0 Å². The van der Waals surface area contributed by atoms with Gasteiger partial charge in [0.1, 0.15) is 5.54 Å². The summed E-state index contributed by atoms with van der Waals surface area (Å²) >= 11 is 0. The molecule has 0 amide bonds. The molecule has 0 aromatic carbocycles. The van der Waals surface area contributed by atoms with Crippen LogP contribution in [-0.2, 0) is 0 Å². The molecule has 1 atom stereocenters. The van der Waals surface area contributed by atoms with E-state index in [1.807, 2.05) is 6.07 Å². The second-order valence-corrected chi connectivity index (χ2v) is 2.57. The molecule has 0 saturated carbocycles. The summed E-state index contributed by atoms with van der Waals surface area (Å²) in [5.74, 6) is 0. The van der Waals surface area contributed by atoms with Gasteiger partial charge in [-0.3, -0.25) is 0 Å². The molecule has 0 rings (SSSR count). The lowest BCUT2D eigenvalue weighted by molar-refractivity contribution is 0.235. The van der Waals surface area contributed by atoms with Crippen molar-refractivity contribution in [3.05, 3.63) is 0 Å². The van der Waals surface area contributed by atoms with Crippen molar-refractivity contribution in [3.8, 4) is 6.07 Å². The van der Waals surface area contributed by atoms with E-state index in [1.165, 1.54) is 0 Å². The van der Waals surface area contributed by atoms with Crippen LogP contribution in [0, 0.1) is 11.3 Å². The Hall–Kier alpha value is -0.630. The monoisotopic (exact) mass is 158 g/mol. The van der Waals surface area contributed by atoms with Crippen LogP contribution in [0.5, 0.6) is 0 Å². The predicted molar refractivity (Wildman–Crippen MR) is 40.6 cm³/mol. The van der Waals surface area contributed by atoms with E-state index in [0.717, 1.165) is 0 Å². The fraction of sp³-hybridized carbons (Fsp3) is 0.857. The smallest absolute Gasteiger partial charge is 0.106 e. The Bertz CT molecular complexity index is 144. The van der Waals surface area contributed by atoms with Gasteiger partial charge in [-0.1, -0.05) is 0 Å². The molecule has 0 aromatic heterocycles. The summed E-state index contributed by atoms with van der Waals surface area (Å²) in [7, 11) is 0. The zero-order valence-corrected chi connectivity index (χ0v) is 6.45. The van der Waals surface area contributed by atoms with Gasteiger partial charge >= 0.3 is 0 Å². The summed E-state index contributed by atoms with van der Waals surface area (Å²) in [4.78, 5) is 0. The number of nitriles is 1. The Morgan fingerprint density at radius 3 is 2.27 bits per heavy atom. The van der Waals surface area contributed by atoms with E-state index in [1.54, 1.807) is 0 Å². The molecule has 0 aliphatic heterocycles. The van der Waals surface area contributed by atoms with Crippen LogP contribution in [0.3, 0.4) is 0 Å². The zero-order chi connectivity index (χ0) is 8.74. The highest BCUT2D eigenvalue weighted by atomic mass is 16.3. The Balaban J connectivity index is 3.81. The third-order valence-electron chi connectivity index (χ3n) is 1.56. The number of rotatable bonds is 5. The van der Waals surface area contributed by atoms with Crippen LogP contribution in [0.1, 0.15) is 19.3 Å². The van der Waals surface area contributed by atoms with Crippen LogP contribution in [0.2, 0.25) is 0 Å². The van der Waals surface area contributed by atoms with Crippen LogP contribution in [-0.4, -0.2) is 29.0 Å². The first-order valence-corrected chi connectivity index (χ1v) is 3.60. The molecule has 0 bridgehead atoms. The van der Waals surface area contributed by atoms with E-state index < -0.39 is 5.54 Å². The van der Waals surface area contributed by atoms with Crippen LogP contribution < -0.4 is 5.73 Å². The lowest BCUT2D eigenvalue weighted by Crippen LogP contribution is -2.39. The summed E-state index contributed by atoms with van der Waals surface area (Å²) in [6.07, 6.45) is 1.20. The Labute approximate surface area is 66.2 Å². The molecule has 0 saturated heterocycles. The van der Waals surface area contributed by atoms with Crippen molar-refractivity contribution in [2.24, 2.45) is 5.73 Å². The summed E-state index contributed by atoms with van der Waals surface area (Å²) in [6.45, 7) is -0.0540. The minimum Gasteiger partial charge on any atom is -0.396 e. The van der Waals surface area contributed by atoms with Gasteiger partial charge in [-0.15, -0.1) is 0 Å². The molecule has 11 heavy (non-hydrogen) atoms. The van der Waals surface area contributed by atoms with E-state index in [4.69, 9.17) is 21.2 Å². The second-order valence-electron chi connectivity index (χ2n) is 2.57. The molecule has 0 aliphatic rings. The molecule has 0 aliphatic carbocycles. The maximum Gasteiger partial charge on any atom is 0.106 e. The third-order valence-corrected chi connectivity index (χ3v) is 1.56. The Morgan fingerprint density at radius 2 is 1.91 bits per heavy atom. The van der Waals surface area contributed by atoms with Crippen molar-refractivity contribution in [3.63, 3.8) is 0 Å². The third kappa shape index (κ3) is 3.94. The summed E-state index contributed by atoms with van der Waals surface area (Å²) in [5, 5.41) is 25.6. The highest BCUT2D eigenvalue weighted by Crippen LogP contribution is 2.11. The topological polar surface area (TPSA) is 90.3 Å². The van der Waals surface area contributed by atoms with E-state index in [0.29, 0.717) is 12.8 Å². The van der Waals surface area contributed by atoms with Crippen molar-refractivity contribution in [2.75, 3.05) is 13.2 Å². The van der Waals surface area contributed by atoms with Crippen LogP contribution in [0.4, 0.5) is 0 Å². The van der Waals surface area contributed by atoms with Crippen molar-refractivity contribution in [1.29, 1.82) is 5.26 Å². The molecule has 0 heterocycles. The molecule has 4 N–H and O–H groups in total. The SMILES string of the molecule is N#CC(N)(CCO)CCCO.